The predicted octanol–water partition coefficient (Wildman–Crippen LogP) is 5.35. The number of halogens is 1. The summed E-state index contributed by atoms with van der Waals surface area (Å²) in [6.07, 6.45) is 0. The second kappa shape index (κ2) is 7.07. The van der Waals surface area contributed by atoms with Gasteiger partial charge in [-0.15, -0.1) is 0 Å². The summed E-state index contributed by atoms with van der Waals surface area (Å²) < 4.78 is 5.35. The molecule has 2 heteroatoms. The van der Waals surface area contributed by atoms with Gasteiger partial charge in [0.25, 0.3) is 0 Å². The fourth-order valence-corrected chi connectivity index (χ4v) is 1.94. The van der Waals surface area contributed by atoms with Crippen LogP contribution in [0, 0.1) is 6.92 Å². The third-order valence-corrected chi connectivity index (χ3v) is 2.83. The summed E-state index contributed by atoms with van der Waals surface area (Å²) in [7, 11) is 1.67. The van der Waals surface area contributed by atoms with Crippen molar-refractivity contribution in [1.82, 2.24) is 0 Å². The molecule has 2 aromatic rings. The first kappa shape index (κ1) is 14.6. The quantitative estimate of drug-likeness (QED) is 0.709. The molecule has 0 aliphatic rings. The molecule has 0 N–H and O–H groups in total. The van der Waals surface area contributed by atoms with Crippen molar-refractivity contribution in [2.45, 2.75) is 20.8 Å². The van der Waals surface area contributed by atoms with E-state index >= 15 is 0 Å². The first-order valence-electron chi connectivity index (χ1n) is 6.12. The molecule has 0 heterocycles. The Morgan fingerprint density at radius 2 is 1.61 bits per heavy atom. The highest BCUT2D eigenvalue weighted by molar-refractivity contribution is 6.31. The van der Waals surface area contributed by atoms with Crippen LogP contribution in [0.4, 0.5) is 0 Å². The Labute approximate surface area is 114 Å². The molecule has 0 unspecified atom stereocenters. The van der Waals surface area contributed by atoms with Gasteiger partial charge in [-0.25, -0.2) is 0 Å². The molecule has 0 amide bonds. The third-order valence-electron chi connectivity index (χ3n) is 2.60. The second-order valence-electron chi connectivity index (χ2n) is 3.66. The summed E-state index contributed by atoms with van der Waals surface area (Å²) in [6, 6.07) is 13.9. The lowest BCUT2D eigenvalue weighted by Crippen LogP contribution is -1.89. The molecule has 96 valence electrons. The van der Waals surface area contributed by atoms with Gasteiger partial charge in [-0.1, -0.05) is 49.7 Å². The monoisotopic (exact) mass is 262 g/mol. The highest BCUT2D eigenvalue weighted by Crippen LogP contribution is 2.34. The topological polar surface area (TPSA) is 9.23 Å². The minimum Gasteiger partial charge on any atom is -0.496 e. The van der Waals surface area contributed by atoms with Crippen LogP contribution in [-0.2, 0) is 0 Å². The average Bonchev–Trinajstić information content (AvgIpc) is 2.41. The standard InChI is InChI=1S/C14H13ClO.C2H6/c1-10-5-3-4-6-12(10)13-9-11(15)7-8-14(13)16-2;1-2/h3-9H,1-2H3;1-2H3. The molecule has 18 heavy (non-hydrogen) atoms. The van der Waals surface area contributed by atoms with Crippen LogP contribution < -0.4 is 4.74 Å². The van der Waals surface area contributed by atoms with Crippen LogP contribution in [0.3, 0.4) is 0 Å². The number of methoxy groups -OCH3 is 1. The van der Waals surface area contributed by atoms with Gasteiger partial charge < -0.3 is 4.74 Å². The van der Waals surface area contributed by atoms with Gasteiger partial charge in [-0.2, -0.15) is 0 Å². The molecule has 0 bridgehead atoms. The predicted molar refractivity (Wildman–Crippen MR) is 79.5 cm³/mol. The Morgan fingerprint density at radius 1 is 0.944 bits per heavy atom. The fraction of sp³-hybridized carbons (Fsp3) is 0.250. The maximum atomic E-state index is 6.02. The third kappa shape index (κ3) is 3.27. The minimum atomic E-state index is 0.721. The fourth-order valence-electron chi connectivity index (χ4n) is 1.77. The highest BCUT2D eigenvalue weighted by atomic mass is 35.5. The molecule has 0 aromatic heterocycles. The Kier molecular flexibility index (Phi) is 5.73. The number of ether oxygens (including phenoxy) is 1. The van der Waals surface area contributed by atoms with Gasteiger partial charge in [-0.3, -0.25) is 0 Å². The molecule has 2 rings (SSSR count). The van der Waals surface area contributed by atoms with E-state index in [0.717, 1.165) is 21.9 Å². The summed E-state index contributed by atoms with van der Waals surface area (Å²) >= 11 is 6.02. The van der Waals surface area contributed by atoms with Crippen molar-refractivity contribution in [3.8, 4) is 16.9 Å². The normalized spacial score (nSPS) is 9.39. The van der Waals surface area contributed by atoms with E-state index in [1.54, 1.807) is 7.11 Å². The van der Waals surface area contributed by atoms with Crippen LogP contribution in [0.25, 0.3) is 11.1 Å². The molecular formula is C16H19ClO. The van der Waals surface area contributed by atoms with Crippen molar-refractivity contribution in [2.75, 3.05) is 7.11 Å². The van der Waals surface area contributed by atoms with Crippen molar-refractivity contribution in [2.24, 2.45) is 0 Å². The molecular weight excluding hydrogens is 244 g/mol. The molecule has 2 aromatic carbocycles. The maximum Gasteiger partial charge on any atom is 0.126 e. The summed E-state index contributed by atoms with van der Waals surface area (Å²) in [4.78, 5) is 0. The molecule has 0 saturated heterocycles. The summed E-state index contributed by atoms with van der Waals surface area (Å²) in [5.74, 6) is 0.846. The zero-order chi connectivity index (χ0) is 13.5. The van der Waals surface area contributed by atoms with Crippen molar-refractivity contribution in [3.63, 3.8) is 0 Å². The lowest BCUT2D eigenvalue weighted by atomic mass is 10.00. The highest BCUT2D eigenvalue weighted by Gasteiger charge is 2.08. The van der Waals surface area contributed by atoms with Crippen molar-refractivity contribution in [1.29, 1.82) is 0 Å². The van der Waals surface area contributed by atoms with Crippen LogP contribution in [0.5, 0.6) is 5.75 Å². The van der Waals surface area contributed by atoms with Gasteiger partial charge in [0, 0.05) is 10.6 Å². The van der Waals surface area contributed by atoms with Crippen LogP contribution in [0.15, 0.2) is 42.5 Å². The van der Waals surface area contributed by atoms with Gasteiger partial charge in [0.05, 0.1) is 7.11 Å². The molecule has 0 fully saturated rings. The van der Waals surface area contributed by atoms with Crippen molar-refractivity contribution >= 4 is 11.6 Å². The van der Waals surface area contributed by atoms with E-state index in [0.29, 0.717) is 0 Å². The minimum absolute atomic E-state index is 0.721. The van der Waals surface area contributed by atoms with E-state index in [9.17, 15) is 0 Å². The molecule has 0 radical (unpaired) electrons. The van der Waals surface area contributed by atoms with Gasteiger partial charge in [0.1, 0.15) is 5.75 Å². The number of benzene rings is 2. The smallest absolute Gasteiger partial charge is 0.126 e. The first-order valence-corrected chi connectivity index (χ1v) is 6.49. The lowest BCUT2D eigenvalue weighted by Gasteiger charge is -2.11. The number of hydrogen-bond donors (Lipinski definition) is 0. The largest absolute Gasteiger partial charge is 0.496 e. The SMILES string of the molecule is CC.COc1ccc(Cl)cc1-c1ccccc1C. The lowest BCUT2D eigenvalue weighted by molar-refractivity contribution is 0.416. The van der Waals surface area contributed by atoms with Crippen LogP contribution >= 0.6 is 11.6 Å². The summed E-state index contributed by atoms with van der Waals surface area (Å²) in [5, 5.41) is 0.721. The van der Waals surface area contributed by atoms with Crippen LogP contribution in [0.2, 0.25) is 5.02 Å². The van der Waals surface area contributed by atoms with E-state index in [1.165, 1.54) is 5.56 Å². The Hall–Kier alpha value is -1.47. The van der Waals surface area contributed by atoms with E-state index in [-0.39, 0.29) is 0 Å². The van der Waals surface area contributed by atoms with E-state index in [2.05, 4.69) is 19.1 Å². The number of hydrogen-bond acceptors (Lipinski definition) is 1. The first-order chi connectivity index (χ1) is 8.72. The van der Waals surface area contributed by atoms with Crippen LogP contribution in [-0.4, -0.2) is 7.11 Å². The summed E-state index contributed by atoms with van der Waals surface area (Å²) in [6.45, 7) is 6.08. The van der Waals surface area contributed by atoms with E-state index in [4.69, 9.17) is 16.3 Å². The number of aryl methyl sites for hydroxylation is 1. The van der Waals surface area contributed by atoms with Gasteiger partial charge >= 0.3 is 0 Å². The maximum absolute atomic E-state index is 6.02. The molecule has 0 aliphatic heterocycles. The molecule has 0 spiro atoms. The second-order valence-corrected chi connectivity index (χ2v) is 4.10. The number of rotatable bonds is 2. The van der Waals surface area contributed by atoms with E-state index in [1.807, 2.05) is 44.2 Å². The Morgan fingerprint density at radius 3 is 2.22 bits per heavy atom. The Balaban J connectivity index is 0.000000771. The Bertz CT molecular complexity index is 506. The van der Waals surface area contributed by atoms with Crippen molar-refractivity contribution in [3.05, 3.63) is 53.1 Å². The van der Waals surface area contributed by atoms with Crippen LogP contribution in [0.1, 0.15) is 19.4 Å². The molecule has 0 saturated carbocycles. The van der Waals surface area contributed by atoms with Gasteiger partial charge in [0.15, 0.2) is 0 Å². The zero-order valence-corrected chi connectivity index (χ0v) is 12.1. The molecule has 0 atom stereocenters. The molecule has 0 aliphatic carbocycles. The van der Waals surface area contributed by atoms with E-state index < -0.39 is 0 Å². The van der Waals surface area contributed by atoms with Gasteiger partial charge in [-0.05, 0) is 36.2 Å². The molecule has 1 nitrogen and oxygen atoms in total. The van der Waals surface area contributed by atoms with Gasteiger partial charge in [0.2, 0.25) is 0 Å². The van der Waals surface area contributed by atoms with Crippen molar-refractivity contribution < 1.29 is 4.74 Å². The average molecular weight is 263 g/mol. The zero-order valence-electron chi connectivity index (χ0n) is 11.3. The summed E-state index contributed by atoms with van der Waals surface area (Å²) in [5.41, 5.74) is 3.40.